The Bertz CT molecular complexity index is 522. The number of hydrogen-bond donors (Lipinski definition) is 1. The van der Waals surface area contributed by atoms with Crippen LogP contribution in [0.15, 0.2) is 17.5 Å². The van der Waals surface area contributed by atoms with Gasteiger partial charge in [-0.1, -0.05) is 6.07 Å². The molecule has 0 unspecified atom stereocenters. The molecule has 0 radical (unpaired) electrons. The van der Waals surface area contributed by atoms with E-state index in [4.69, 9.17) is 5.26 Å². The molecule has 2 aromatic rings. The molecule has 0 spiro atoms. The third kappa shape index (κ3) is 1.29. The van der Waals surface area contributed by atoms with Crippen LogP contribution in [0.1, 0.15) is 16.7 Å². The van der Waals surface area contributed by atoms with Gasteiger partial charge in [-0.25, -0.2) is 0 Å². The Kier molecular flexibility index (Phi) is 2.24. The fraction of sp³-hybridized carbons (Fsp3) is 0.182. The number of thiophene rings is 1. The lowest BCUT2D eigenvalue weighted by Gasteiger charge is -2.01. The molecule has 1 heterocycles. The van der Waals surface area contributed by atoms with Crippen molar-refractivity contribution in [1.29, 1.82) is 5.26 Å². The number of hydrogen-bond acceptors (Lipinski definition) is 3. The first-order valence-corrected chi connectivity index (χ1v) is 5.16. The van der Waals surface area contributed by atoms with Gasteiger partial charge < -0.3 is 5.11 Å². The fourth-order valence-corrected chi connectivity index (χ4v) is 2.64. The molecular weight excluding hydrogens is 194 g/mol. The molecule has 0 fully saturated rings. The Morgan fingerprint density at radius 3 is 2.93 bits per heavy atom. The van der Waals surface area contributed by atoms with Gasteiger partial charge in [0.25, 0.3) is 0 Å². The van der Waals surface area contributed by atoms with Crippen LogP contribution in [0.25, 0.3) is 10.1 Å². The molecule has 0 atom stereocenters. The van der Waals surface area contributed by atoms with Crippen molar-refractivity contribution in [2.24, 2.45) is 0 Å². The quantitative estimate of drug-likeness (QED) is 0.774. The summed E-state index contributed by atoms with van der Waals surface area (Å²) < 4.78 is 1.07. The minimum atomic E-state index is -0.0103. The second kappa shape index (κ2) is 3.41. The first-order chi connectivity index (χ1) is 6.76. The lowest BCUT2D eigenvalue weighted by molar-refractivity contribution is 0.283. The summed E-state index contributed by atoms with van der Waals surface area (Å²) in [6.07, 6.45) is 0. The van der Waals surface area contributed by atoms with E-state index in [1.807, 2.05) is 24.4 Å². The van der Waals surface area contributed by atoms with Gasteiger partial charge in [0.15, 0.2) is 0 Å². The summed E-state index contributed by atoms with van der Waals surface area (Å²) in [5, 5.41) is 20.8. The van der Waals surface area contributed by atoms with Gasteiger partial charge in [-0.05, 0) is 24.1 Å². The summed E-state index contributed by atoms with van der Waals surface area (Å²) in [5.74, 6) is 0. The van der Waals surface area contributed by atoms with E-state index >= 15 is 0 Å². The van der Waals surface area contributed by atoms with Crippen molar-refractivity contribution in [3.05, 3.63) is 34.2 Å². The van der Waals surface area contributed by atoms with Crippen molar-refractivity contribution >= 4 is 21.4 Å². The number of rotatable bonds is 1. The Hall–Kier alpha value is -1.37. The summed E-state index contributed by atoms with van der Waals surface area (Å²) in [5.41, 5.74) is 2.62. The van der Waals surface area contributed by atoms with Gasteiger partial charge in [0.2, 0.25) is 0 Å². The normalized spacial score (nSPS) is 10.4. The van der Waals surface area contributed by atoms with E-state index < -0.39 is 0 Å². The zero-order chi connectivity index (χ0) is 10.1. The number of nitriles is 1. The van der Waals surface area contributed by atoms with E-state index in [9.17, 15) is 5.11 Å². The smallest absolute Gasteiger partial charge is 0.101 e. The molecule has 3 heteroatoms. The van der Waals surface area contributed by atoms with Gasteiger partial charge in [0.05, 0.1) is 12.2 Å². The van der Waals surface area contributed by atoms with Crippen LogP contribution >= 0.6 is 11.3 Å². The topological polar surface area (TPSA) is 44.0 Å². The third-order valence-electron chi connectivity index (χ3n) is 2.19. The molecule has 14 heavy (non-hydrogen) atoms. The van der Waals surface area contributed by atoms with Gasteiger partial charge >= 0.3 is 0 Å². The van der Waals surface area contributed by atoms with Crippen molar-refractivity contribution in [3.63, 3.8) is 0 Å². The second-order valence-electron chi connectivity index (χ2n) is 3.22. The molecule has 2 rings (SSSR count). The lowest BCUT2D eigenvalue weighted by Crippen LogP contribution is -1.87. The van der Waals surface area contributed by atoms with Gasteiger partial charge in [-0.2, -0.15) is 5.26 Å². The molecule has 1 aromatic carbocycles. The number of aryl methyl sites for hydroxylation is 1. The maximum absolute atomic E-state index is 9.19. The average Bonchev–Trinajstić information content (AvgIpc) is 2.59. The minimum absolute atomic E-state index is 0.0103. The van der Waals surface area contributed by atoms with Crippen molar-refractivity contribution in [2.75, 3.05) is 0 Å². The number of benzene rings is 1. The maximum atomic E-state index is 9.19. The number of fused-ring (bicyclic) bond motifs is 1. The van der Waals surface area contributed by atoms with Crippen LogP contribution in [0.4, 0.5) is 0 Å². The van der Waals surface area contributed by atoms with E-state index in [0.717, 1.165) is 21.2 Å². The van der Waals surface area contributed by atoms with Crippen LogP contribution < -0.4 is 0 Å². The molecule has 1 N–H and O–H groups in total. The molecule has 2 nitrogen and oxygen atoms in total. The number of nitrogens with zero attached hydrogens (tertiary/aromatic N) is 1. The van der Waals surface area contributed by atoms with Crippen LogP contribution in [0.3, 0.4) is 0 Å². The van der Waals surface area contributed by atoms with Crippen molar-refractivity contribution in [3.8, 4) is 6.07 Å². The van der Waals surface area contributed by atoms with Gasteiger partial charge in [-0.15, -0.1) is 11.3 Å². The summed E-state index contributed by atoms with van der Waals surface area (Å²) >= 11 is 1.55. The molecule has 0 aliphatic rings. The Morgan fingerprint density at radius 2 is 2.29 bits per heavy atom. The van der Waals surface area contributed by atoms with Crippen molar-refractivity contribution in [2.45, 2.75) is 13.5 Å². The molecule has 0 aliphatic heterocycles. The van der Waals surface area contributed by atoms with Crippen LogP contribution in [0.5, 0.6) is 0 Å². The van der Waals surface area contributed by atoms with Crippen molar-refractivity contribution in [1.82, 2.24) is 0 Å². The van der Waals surface area contributed by atoms with Crippen molar-refractivity contribution < 1.29 is 5.11 Å². The number of aliphatic hydroxyl groups is 1. The molecule has 0 saturated carbocycles. The molecule has 70 valence electrons. The Labute approximate surface area is 86.0 Å². The SMILES string of the molecule is Cc1cc(CO)c2c(C#N)csc2c1. The minimum Gasteiger partial charge on any atom is -0.392 e. The van der Waals surface area contributed by atoms with Gasteiger partial charge in [-0.3, -0.25) is 0 Å². The highest BCUT2D eigenvalue weighted by molar-refractivity contribution is 7.17. The highest BCUT2D eigenvalue weighted by atomic mass is 32.1. The molecular formula is C11H9NOS. The summed E-state index contributed by atoms with van der Waals surface area (Å²) in [6.45, 7) is 1.98. The summed E-state index contributed by atoms with van der Waals surface area (Å²) in [4.78, 5) is 0. The van der Waals surface area contributed by atoms with Crippen LogP contribution in [0.2, 0.25) is 0 Å². The van der Waals surface area contributed by atoms with E-state index in [-0.39, 0.29) is 6.61 Å². The van der Waals surface area contributed by atoms with Gasteiger partial charge in [0, 0.05) is 15.5 Å². The second-order valence-corrected chi connectivity index (χ2v) is 4.13. The Balaban J connectivity index is 2.87. The van der Waals surface area contributed by atoms with Gasteiger partial charge in [0.1, 0.15) is 6.07 Å². The maximum Gasteiger partial charge on any atom is 0.101 e. The largest absolute Gasteiger partial charge is 0.392 e. The predicted molar refractivity (Wildman–Crippen MR) is 57.2 cm³/mol. The lowest BCUT2D eigenvalue weighted by atomic mass is 10.0. The number of aliphatic hydroxyl groups excluding tert-OH is 1. The zero-order valence-corrected chi connectivity index (χ0v) is 8.56. The highest BCUT2D eigenvalue weighted by Gasteiger charge is 2.08. The zero-order valence-electron chi connectivity index (χ0n) is 7.74. The molecule has 1 aromatic heterocycles. The highest BCUT2D eigenvalue weighted by Crippen LogP contribution is 2.29. The average molecular weight is 203 g/mol. The van der Waals surface area contributed by atoms with Crippen LogP contribution in [-0.2, 0) is 6.61 Å². The third-order valence-corrected chi connectivity index (χ3v) is 3.12. The molecule has 0 saturated heterocycles. The standard InChI is InChI=1S/C11H9NOS/c1-7-2-8(5-13)11-9(4-12)6-14-10(11)3-7/h2-3,6,13H,5H2,1H3. The first kappa shape index (κ1) is 9.20. The fourth-order valence-electron chi connectivity index (χ4n) is 1.61. The van der Waals surface area contributed by atoms with E-state index in [2.05, 4.69) is 6.07 Å². The molecule has 0 aliphatic carbocycles. The first-order valence-electron chi connectivity index (χ1n) is 4.28. The Morgan fingerprint density at radius 1 is 1.50 bits per heavy atom. The van der Waals surface area contributed by atoms with E-state index in [1.54, 1.807) is 11.3 Å². The molecule has 0 bridgehead atoms. The summed E-state index contributed by atoms with van der Waals surface area (Å²) in [7, 11) is 0. The van der Waals surface area contributed by atoms with Crippen LogP contribution in [-0.4, -0.2) is 5.11 Å². The van der Waals surface area contributed by atoms with Crippen LogP contribution in [0, 0.1) is 18.3 Å². The van der Waals surface area contributed by atoms with E-state index in [1.165, 1.54) is 0 Å². The summed E-state index contributed by atoms with van der Waals surface area (Å²) in [6, 6.07) is 6.11. The monoisotopic (exact) mass is 203 g/mol. The molecule has 0 amide bonds. The van der Waals surface area contributed by atoms with E-state index in [0.29, 0.717) is 5.56 Å². The predicted octanol–water partition coefficient (Wildman–Crippen LogP) is 2.57.